The molecule has 0 saturated heterocycles. The SMILES string of the molecule is NC1(c2nnc3ncccn23)CCCC1. The van der Waals surface area contributed by atoms with Gasteiger partial charge in [-0.3, -0.25) is 4.40 Å². The highest BCUT2D eigenvalue weighted by Crippen LogP contribution is 2.34. The fourth-order valence-corrected chi connectivity index (χ4v) is 2.31. The van der Waals surface area contributed by atoms with Crippen molar-refractivity contribution in [1.29, 1.82) is 0 Å². The first-order valence-electron chi connectivity index (χ1n) is 5.25. The molecule has 15 heavy (non-hydrogen) atoms. The number of aromatic nitrogens is 4. The molecule has 1 fully saturated rings. The van der Waals surface area contributed by atoms with Gasteiger partial charge < -0.3 is 5.73 Å². The molecule has 2 aromatic heterocycles. The Balaban J connectivity index is 2.18. The van der Waals surface area contributed by atoms with Gasteiger partial charge in [-0.25, -0.2) is 4.98 Å². The molecule has 3 rings (SSSR count). The molecular weight excluding hydrogens is 190 g/mol. The highest BCUT2D eigenvalue weighted by Gasteiger charge is 2.35. The van der Waals surface area contributed by atoms with Crippen molar-refractivity contribution in [1.82, 2.24) is 19.6 Å². The van der Waals surface area contributed by atoms with E-state index in [9.17, 15) is 0 Å². The highest BCUT2D eigenvalue weighted by molar-refractivity contribution is 5.29. The lowest BCUT2D eigenvalue weighted by molar-refractivity contribution is 0.427. The standard InChI is InChI=1S/C10H13N5/c11-10(4-1-2-5-10)8-13-14-9-12-6-3-7-15(8)9/h3,6-7H,1-2,4-5,11H2. The van der Waals surface area contributed by atoms with Crippen molar-refractivity contribution in [3.63, 3.8) is 0 Å². The lowest BCUT2D eigenvalue weighted by Gasteiger charge is -2.20. The Labute approximate surface area is 87.3 Å². The molecule has 0 spiro atoms. The summed E-state index contributed by atoms with van der Waals surface area (Å²) >= 11 is 0. The monoisotopic (exact) mass is 203 g/mol. The molecule has 5 nitrogen and oxygen atoms in total. The average Bonchev–Trinajstić information content (AvgIpc) is 2.84. The summed E-state index contributed by atoms with van der Waals surface area (Å²) < 4.78 is 1.89. The van der Waals surface area contributed by atoms with E-state index in [1.54, 1.807) is 6.20 Å². The molecule has 2 heterocycles. The van der Waals surface area contributed by atoms with Crippen LogP contribution >= 0.6 is 0 Å². The zero-order chi connectivity index (χ0) is 10.3. The molecule has 5 heteroatoms. The van der Waals surface area contributed by atoms with Crippen molar-refractivity contribution in [2.24, 2.45) is 5.73 Å². The lowest BCUT2D eigenvalue weighted by Crippen LogP contribution is -2.35. The van der Waals surface area contributed by atoms with Crippen LogP contribution in [0.1, 0.15) is 31.5 Å². The summed E-state index contributed by atoms with van der Waals surface area (Å²) in [5.41, 5.74) is 6.04. The fraction of sp³-hybridized carbons (Fsp3) is 0.500. The fourth-order valence-electron chi connectivity index (χ4n) is 2.31. The summed E-state index contributed by atoms with van der Waals surface area (Å²) in [5.74, 6) is 1.48. The van der Waals surface area contributed by atoms with Crippen LogP contribution < -0.4 is 5.73 Å². The van der Waals surface area contributed by atoms with Crippen LogP contribution in [-0.2, 0) is 5.54 Å². The Morgan fingerprint density at radius 2 is 2.07 bits per heavy atom. The Hall–Kier alpha value is -1.49. The van der Waals surface area contributed by atoms with Gasteiger partial charge in [0, 0.05) is 12.4 Å². The van der Waals surface area contributed by atoms with Gasteiger partial charge in [-0.1, -0.05) is 12.8 Å². The summed E-state index contributed by atoms with van der Waals surface area (Å²) in [7, 11) is 0. The molecule has 0 unspecified atom stereocenters. The predicted molar refractivity (Wildman–Crippen MR) is 55.1 cm³/mol. The van der Waals surface area contributed by atoms with Gasteiger partial charge in [0.25, 0.3) is 5.78 Å². The first kappa shape index (κ1) is 8.79. The zero-order valence-electron chi connectivity index (χ0n) is 8.43. The van der Waals surface area contributed by atoms with Crippen molar-refractivity contribution in [3.8, 4) is 0 Å². The summed E-state index contributed by atoms with van der Waals surface area (Å²) in [5, 5.41) is 8.20. The van der Waals surface area contributed by atoms with Gasteiger partial charge in [0.2, 0.25) is 0 Å². The van der Waals surface area contributed by atoms with Gasteiger partial charge in [-0.05, 0) is 18.9 Å². The van der Waals surface area contributed by atoms with E-state index in [2.05, 4.69) is 15.2 Å². The topological polar surface area (TPSA) is 69.1 Å². The Bertz CT molecular complexity index is 483. The number of hydrogen-bond acceptors (Lipinski definition) is 4. The van der Waals surface area contributed by atoms with Crippen LogP contribution in [0.25, 0.3) is 5.78 Å². The second-order valence-electron chi connectivity index (χ2n) is 4.18. The van der Waals surface area contributed by atoms with E-state index < -0.39 is 0 Å². The second kappa shape index (κ2) is 3.00. The molecule has 1 aliphatic carbocycles. The molecule has 1 saturated carbocycles. The van der Waals surface area contributed by atoms with E-state index in [1.165, 1.54) is 12.8 Å². The van der Waals surface area contributed by atoms with Crippen molar-refractivity contribution < 1.29 is 0 Å². The van der Waals surface area contributed by atoms with Gasteiger partial charge >= 0.3 is 0 Å². The first-order chi connectivity index (χ1) is 7.30. The molecule has 78 valence electrons. The molecule has 0 radical (unpaired) electrons. The van der Waals surface area contributed by atoms with Crippen molar-refractivity contribution in [3.05, 3.63) is 24.3 Å². The minimum absolute atomic E-state index is 0.303. The smallest absolute Gasteiger partial charge is 0.255 e. The number of nitrogens with two attached hydrogens (primary N) is 1. The molecule has 0 aliphatic heterocycles. The van der Waals surface area contributed by atoms with Crippen LogP contribution in [0.15, 0.2) is 18.5 Å². The molecule has 0 atom stereocenters. The second-order valence-corrected chi connectivity index (χ2v) is 4.18. The van der Waals surface area contributed by atoms with Crippen molar-refractivity contribution in [2.75, 3.05) is 0 Å². The summed E-state index contributed by atoms with van der Waals surface area (Å²) in [6.07, 6.45) is 7.96. The molecule has 1 aliphatic rings. The predicted octanol–water partition coefficient (Wildman–Crippen LogP) is 0.852. The summed E-state index contributed by atoms with van der Waals surface area (Å²) in [6.45, 7) is 0. The molecule has 0 amide bonds. The Morgan fingerprint density at radius 3 is 2.87 bits per heavy atom. The van der Waals surface area contributed by atoms with Gasteiger partial charge in [0.05, 0.1) is 5.54 Å². The molecule has 2 aromatic rings. The van der Waals surface area contributed by atoms with Gasteiger partial charge in [-0.2, -0.15) is 0 Å². The molecule has 0 aromatic carbocycles. The maximum atomic E-state index is 6.34. The number of rotatable bonds is 1. The summed E-state index contributed by atoms with van der Waals surface area (Å²) in [4.78, 5) is 4.14. The Morgan fingerprint density at radius 1 is 1.27 bits per heavy atom. The van der Waals surface area contributed by atoms with Gasteiger partial charge in [0.15, 0.2) is 5.82 Å². The number of fused-ring (bicyclic) bond motifs is 1. The maximum Gasteiger partial charge on any atom is 0.255 e. The zero-order valence-corrected chi connectivity index (χ0v) is 8.43. The average molecular weight is 203 g/mol. The van der Waals surface area contributed by atoms with E-state index in [-0.39, 0.29) is 5.54 Å². The number of hydrogen-bond donors (Lipinski definition) is 1. The molecular formula is C10H13N5. The van der Waals surface area contributed by atoms with Crippen LogP contribution in [-0.4, -0.2) is 19.6 Å². The van der Waals surface area contributed by atoms with Crippen LogP contribution in [0.4, 0.5) is 0 Å². The minimum atomic E-state index is -0.303. The van der Waals surface area contributed by atoms with E-state index in [0.29, 0.717) is 5.78 Å². The normalized spacial score (nSPS) is 19.8. The molecule has 2 N–H and O–H groups in total. The van der Waals surface area contributed by atoms with Crippen LogP contribution in [0.3, 0.4) is 0 Å². The maximum absolute atomic E-state index is 6.34. The van der Waals surface area contributed by atoms with E-state index in [0.717, 1.165) is 18.7 Å². The Kier molecular flexibility index (Phi) is 1.76. The third-order valence-electron chi connectivity index (χ3n) is 3.13. The third-order valence-corrected chi connectivity index (χ3v) is 3.13. The van der Waals surface area contributed by atoms with Crippen molar-refractivity contribution >= 4 is 5.78 Å². The van der Waals surface area contributed by atoms with E-state index >= 15 is 0 Å². The van der Waals surface area contributed by atoms with E-state index in [1.807, 2.05) is 16.7 Å². The summed E-state index contributed by atoms with van der Waals surface area (Å²) in [6, 6.07) is 1.87. The first-order valence-corrected chi connectivity index (χ1v) is 5.25. The number of nitrogens with zero attached hydrogens (tertiary/aromatic N) is 4. The van der Waals surface area contributed by atoms with Crippen LogP contribution in [0, 0.1) is 0 Å². The minimum Gasteiger partial charge on any atom is -0.319 e. The quantitative estimate of drug-likeness (QED) is 0.746. The van der Waals surface area contributed by atoms with Crippen LogP contribution in [0.5, 0.6) is 0 Å². The van der Waals surface area contributed by atoms with Gasteiger partial charge in [-0.15, -0.1) is 10.2 Å². The largest absolute Gasteiger partial charge is 0.319 e. The van der Waals surface area contributed by atoms with Crippen LogP contribution in [0.2, 0.25) is 0 Å². The van der Waals surface area contributed by atoms with Crippen molar-refractivity contribution in [2.45, 2.75) is 31.2 Å². The van der Waals surface area contributed by atoms with E-state index in [4.69, 9.17) is 5.73 Å². The van der Waals surface area contributed by atoms with Gasteiger partial charge in [0.1, 0.15) is 0 Å². The highest BCUT2D eigenvalue weighted by atomic mass is 15.3. The third kappa shape index (κ3) is 1.23. The lowest BCUT2D eigenvalue weighted by atomic mass is 9.98. The molecule has 0 bridgehead atoms.